The van der Waals surface area contributed by atoms with E-state index in [1.807, 2.05) is 7.05 Å². The van der Waals surface area contributed by atoms with Crippen molar-refractivity contribution in [3.63, 3.8) is 0 Å². The molecule has 0 fully saturated rings. The Morgan fingerprint density at radius 1 is 1.27 bits per heavy atom. The van der Waals surface area contributed by atoms with Gasteiger partial charge >= 0.3 is 0 Å². The number of nitrogens with two attached hydrogens (primary N) is 1. The number of thiocarbonyl (C=S) groups is 1. The lowest BCUT2D eigenvalue weighted by atomic mass is 10.5. The van der Waals surface area contributed by atoms with Crippen molar-refractivity contribution in [1.29, 1.82) is 0 Å². The average molecular weight is 175 g/mol. The molecule has 0 radical (unpaired) electrons. The molecule has 66 valence electrons. The summed E-state index contributed by atoms with van der Waals surface area (Å²) in [5.74, 6) is 0. The molecule has 3 nitrogen and oxygen atoms in total. The van der Waals surface area contributed by atoms with Crippen molar-refractivity contribution in [2.24, 2.45) is 5.73 Å². The zero-order valence-corrected chi connectivity index (χ0v) is 8.32. The second-order valence-electron chi connectivity index (χ2n) is 3.01. The summed E-state index contributed by atoms with van der Waals surface area (Å²) in [6, 6.07) is 0. The zero-order chi connectivity index (χ0) is 8.85. The third-order valence-corrected chi connectivity index (χ3v) is 1.48. The molecule has 0 aliphatic rings. The van der Waals surface area contributed by atoms with Gasteiger partial charge in [0, 0.05) is 19.6 Å². The fourth-order valence-electron chi connectivity index (χ4n) is 0.716. The Kier molecular flexibility index (Phi) is 5.36. The van der Waals surface area contributed by atoms with Gasteiger partial charge in [-0.3, -0.25) is 4.90 Å². The van der Waals surface area contributed by atoms with Crippen LogP contribution >= 0.6 is 12.2 Å². The Labute approximate surface area is 74.1 Å². The maximum Gasteiger partial charge on any atom is 0.0869 e. The molecule has 0 saturated carbocycles. The van der Waals surface area contributed by atoms with Crippen LogP contribution in [0.3, 0.4) is 0 Å². The van der Waals surface area contributed by atoms with Gasteiger partial charge in [0.05, 0.1) is 4.99 Å². The number of hydrogen-bond donors (Lipinski definition) is 1. The van der Waals surface area contributed by atoms with E-state index in [0.717, 1.165) is 13.1 Å². The summed E-state index contributed by atoms with van der Waals surface area (Å²) in [6.45, 7) is 2.76. The predicted molar refractivity (Wildman–Crippen MR) is 52.8 cm³/mol. The van der Waals surface area contributed by atoms with Gasteiger partial charge in [-0.15, -0.1) is 0 Å². The lowest BCUT2D eigenvalue weighted by Gasteiger charge is -2.18. The summed E-state index contributed by atoms with van der Waals surface area (Å²) in [5.41, 5.74) is 5.38. The van der Waals surface area contributed by atoms with Crippen LogP contribution in [0.15, 0.2) is 0 Å². The van der Waals surface area contributed by atoms with Gasteiger partial charge in [0.1, 0.15) is 0 Å². The Balaban J connectivity index is 3.37. The number of rotatable bonds is 5. The van der Waals surface area contributed by atoms with E-state index < -0.39 is 0 Å². The van der Waals surface area contributed by atoms with Crippen molar-refractivity contribution in [1.82, 2.24) is 9.80 Å². The van der Waals surface area contributed by atoms with Gasteiger partial charge in [-0.25, -0.2) is 0 Å². The minimum atomic E-state index is 0.561. The maximum absolute atomic E-state index is 5.38. The monoisotopic (exact) mass is 175 g/mol. The van der Waals surface area contributed by atoms with Crippen molar-refractivity contribution in [2.75, 3.05) is 40.8 Å². The lowest BCUT2D eigenvalue weighted by molar-refractivity contribution is 0.307. The van der Waals surface area contributed by atoms with Gasteiger partial charge in [0.15, 0.2) is 0 Å². The fraction of sp³-hybridized carbons (Fsp3) is 0.857. The molecule has 4 heteroatoms. The highest BCUT2D eigenvalue weighted by atomic mass is 32.1. The number of likely N-dealkylation sites (N-methyl/N-ethyl adjacent to an activating group) is 2. The fourth-order valence-corrected chi connectivity index (χ4v) is 0.936. The summed E-state index contributed by atoms with van der Waals surface area (Å²) in [7, 11) is 6.12. The SMILES string of the molecule is CN(C)CCN(C)CC(N)=S. The minimum Gasteiger partial charge on any atom is -0.392 e. The first-order chi connectivity index (χ1) is 5.02. The molecular formula is C7H17N3S. The highest BCUT2D eigenvalue weighted by Gasteiger charge is 1.99. The highest BCUT2D eigenvalue weighted by Crippen LogP contribution is 1.83. The molecular weight excluding hydrogens is 158 g/mol. The molecule has 0 rings (SSSR count). The van der Waals surface area contributed by atoms with Crippen LogP contribution < -0.4 is 5.73 Å². The van der Waals surface area contributed by atoms with Crippen molar-refractivity contribution < 1.29 is 0 Å². The van der Waals surface area contributed by atoms with E-state index in [4.69, 9.17) is 18.0 Å². The predicted octanol–water partition coefficient (Wildman–Crippen LogP) is -0.234. The summed E-state index contributed by atoms with van der Waals surface area (Å²) < 4.78 is 0. The molecule has 0 amide bonds. The van der Waals surface area contributed by atoms with Crippen molar-refractivity contribution >= 4 is 17.2 Å². The molecule has 0 aromatic heterocycles. The summed E-state index contributed by atoms with van der Waals surface area (Å²) in [4.78, 5) is 4.81. The first-order valence-corrected chi connectivity index (χ1v) is 4.04. The van der Waals surface area contributed by atoms with Crippen LogP contribution in [0, 0.1) is 0 Å². The van der Waals surface area contributed by atoms with Gasteiger partial charge in [-0.1, -0.05) is 12.2 Å². The van der Waals surface area contributed by atoms with E-state index >= 15 is 0 Å². The molecule has 0 aliphatic heterocycles. The molecule has 0 atom stereocenters. The van der Waals surface area contributed by atoms with Gasteiger partial charge in [-0.2, -0.15) is 0 Å². The molecule has 0 heterocycles. The summed E-state index contributed by atoms with van der Waals surface area (Å²) in [5, 5.41) is 0. The van der Waals surface area contributed by atoms with Crippen LogP contribution in [-0.4, -0.2) is 55.6 Å². The van der Waals surface area contributed by atoms with Gasteiger partial charge in [-0.05, 0) is 21.1 Å². The van der Waals surface area contributed by atoms with Crippen LogP contribution in [0.1, 0.15) is 0 Å². The van der Waals surface area contributed by atoms with E-state index in [1.165, 1.54) is 0 Å². The molecule has 0 aliphatic carbocycles. The maximum atomic E-state index is 5.38. The minimum absolute atomic E-state index is 0.561. The molecule has 0 unspecified atom stereocenters. The third kappa shape index (κ3) is 7.71. The standard InChI is InChI=1S/C7H17N3S/c1-9(2)4-5-10(3)6-7(8)11/h4-6H2,1-3H3,(H2,8,11). The number of nitrogens with zero attached hydrogens (tertiary/aromatic N) is 2. The molecule has 0 aromatic rings. The van der Waals surface area contributed by atoms with Gasteiger partial charge < -0.3 is 10.6 Å². The van der Waals surface area contributed by atoms with Crippen LogP contribution in [0.25, 0.3) is 0 Å². The van der Waals surface area contributed by atoms with E-state index in [1.54, 1.807) is 0 Å². The molecule has 11 heavy (non-hydrogen) atoms. The molecule has 0 spiro atoms. The van der Waals surface area contributed by atoms with Crippen molar-refractivity contribution in [3.05, 3.63) is 0 Å². The largest absolute Gasteiger partial charge is 0.392 e. The average Bonchev–Trinajstić information content (AvgIpc) is 1.82. The Hall–Kier alpha value is -0.190. The van der Waals surface area contributed by atoms with Crippen LogP contribution in [0.2, 0.25) is 0 Å². The van der Waals surface area contributed by atoms with E-state index in [0.29, 0.717) is 11.5 Å². The Bertz CT molecular complexity index is 125. The van der Waals surface area contributed by atoms with E-state index in [-0.39, 0.29) is 0 Å². The van der Waals surface area contributed by atoms with Crippen LogP contribution in [0.4, 0.5) is 0 Å². The molecule has 0 saturated heterocycles. The van der Waals surface area contributed by atoms with Crippen molar-refractivity contribution in [2.45, 2.75) is 0 Å². The smallest absolute Gasteiger partial charge is 0.0869 e. The third-order valence-electron chi connectivity index (χ3n) is 1.35. The first kappa shape index (κ1) is 10.8. The first-order valence-electron chi connectivity index (χ1n) is 3.64. The molecule has 0 bridgehead atoms. The van der Waals surface area contributed by atoms with Crippen LogP contribution in [-0.2, 0) is 0 Å². The molecule has 2 N–H and O–H groups in total. The zero-order valence-electron chi connectivity index (χ0n) is 7.50. The quantitative estimate of drug-likeness (QED) is 0.585. The Morgan fingerprint density at radius 2 is 1.82 bits per heavy atom. The topological polar surface area (TPSA) is 32.5 Å². The second kappa shape index (κ2) is 5.46. The van der Waals surface area contributed by atoms with E-state index in [9.17, 15) is 0 Å². The number of hydrogen-bond acceptors (Lipinski definition) is 3. The highest BCUT2D eigenvalue weighted by molar-refractivity contribution is 7.80. The lowest BCUT2D eigenvalue weighted by Crippen LogP contribution is -2.34. The van der Waals surface area contributed by atoms with E-state index in [2.05, 4.69) is 23.9 Å². The van der Waals surface area contributed by atoms with Crippen molar-refractivity contribution in [3.8, 4) is 0 Å². The van der Waals surface area contributed by atoms with Crippen LogP contribution in [0.5, 0.6) is 0 Å². The molecule has 0 aromatic carbocycles. The summed E-state index contributed by atoms with van der Waals surface area (Å²) in [6.07, 6.45) is 0. The van der Waals surface area contributed by atoms with Gasteiger partial charge in [0.25, 0.3) is 0 Å². The summed E-state index contributed by atoms with van der Waals surface area (Å²) >= 11 is 4.77. The van der Waals surface area contributed by atoms with Gasteiger partial charge in [0.2, 0.25) is 0 Å². The normalized spacial score (nSPS) is 11.0. The Morgan fingerprint density at radius 3 is 2.18 bits per heavy atom. The second-order valence-corrected chi connectivity index (χ2v) is 3.53.